The molecule has 0 spiro atoms. The van der Waals surface area contributed by atoms with Gasteiger partial charge in [-0.05, 0) is 25.5 Å². The molecular weight excluding hydrogens is 480 g/mol. The van der Waals surface area contributed by atoms with Gasteiger partial charge in [0, 0.05) is 18.6 Å². The summed E-state index contributed by atoms with van der Waals surface area (Å²) >= 11 is 1.20. The monoisotopic (exact) mass is 506 g/mol. The van der Waals surface area contributed by atoms with Crippen LogP contribution in [0.5, 0.6) is 11.5 Å². The number of sulfone groups is 1. The standard InChI is InChI=1S/C23H26N2O7S2/c1-15-7-9-16(10-8-15)34(28,29)11-5-6-21(26)24-23-25(14-22(27)32-4)17-12-18(30-2)19(31-3)13-20(17)33-23/h7-10,12-13H,5-6,11,14H2,1-4H3. The van der Waals surface area contributed by atoms with Crippen LogP contribution in [0, 0.1) is 6.92 Å². The van der Waals surface area contributed by atoms with E-state index in [0.717, 1.165) is 10.3 Å². The lowest BCUT2D eigenvalue weighted by molar-refractivity contribution is -0.141. The van der Waals surface area contributed by atoms with E-state index >= 15 is 0 Å². The first-order chi connectivity index (χ1) is 16.2. The molecule has 1 heterocycles. The molecule has 0 radical (unpaired) electrons. The molecular formula is C23H26N2O7S2. The molecule has 34 heavy (non-hydrogen) atoms. The second kappa shape index (κ2) is 10.8. The molecule has 9 nitrogen and oxygen atoms in total. The number of methoxy groups -OCH3 is 3. The van der Waals surface area contributed by atoms with Crippen molar-refractivity contribution < 1.29 is 32.2 Å². The molecule has 0 fully saturated rings. The third-order valence-corrected chi connectivity index (χ3v) is 7.96. The van der Waals surface area contributed by atoms with Crippen LogP contribution in [-0.2, 0) is 30.7 Å². The summed E-state index contributed by atoms with van der Waals surface area (Å²) in [5, 5.41) is 0. The van der Waals surface area contributed by atoms with Gasteiger partial charge in [0.1, 0.15) is 6.54 Å². The number of benzene rings is 2. The fourth-order valence-corrected chi connectivity index (χ4v) is 5.64. The number of rotatable bonds is 9. The average Bonchev–Trinajstić information content (AvgIpc) is 3.13. The largest absolute Gasteiger partial charge is 0.493 e. The van der Waals surface area contributed by atoms with Crippen molar-refractivity contribution in [3.05, 3.63) is 46.8 Å². The maximum absolute atomic E-state index is 12.6. The van der Waals surface area contributed by atoms with Crippen LogP contribution in [0.4, 0.5) is 0 Å². The van der Waals surface area contributed by atoms with Gasteiger partial charge in [-0.2, -0.15) is 4.99 Å². The number of aromatic nitrogens is 1. The maximum atomic E-state index is 12.6. The predicted molar refractivity (Wildman–Crippen MR) is 128 cm³/mol. The highest BCUT2D eigenvalue weighted by atomic mass is 32.2. The van der Waals surface area contributed by atoms with Gasteiger partial charge in [-0.1, -0.05) is 29.0 Å². The van der Waals surface area contributed by atoms with Crippen LogP contribution in [0.15, 0.2) is 46.3 Å². The lowest BCUT2D eigenvalue weighted by Crippen LogP contribution is -2.22. The molecule has 3 aromatic rings. The quantitative estimate of drug-likeness (QED) is 0.410. The minimum atomic E-state index is -3.49. The minimum Gasteiger partial charge on any atom is -0.493 e. The fourth-order valence-electron chi connectivity index (χ4n) is 3.27. The summed E-state index contributed by atoms with van der Waals surface area (Å²) in [6, 6.07) is 10.0. The Bertz CT molecular complexity index is 1370. The van der Waals surface area contributed by atoms with Crippen molar-refractivity contribution in [2.75, 3.05) is 27.1 Å². The number of aryl methyl sites for hydroxylation is 1. The molecule has 0 N–H and O–H groups in total. The van der Waals surface area contributed by atoms with Crippen molar-refractivity contribution in [3.63, 3.8) is 0 Å². The van der Waals surface area contributed by atoms with Crippen LogP contribution in [-0.4, -0.2) is 51.9 Å². The zero-order valence-electron chi connectivity index (χ0n) is 19.4. The van der Waals surface area contributed by atoms with Crippen LogP contribution in [0.3, 0.4) is 0 Å². The molecule has 3 rings (SSSR count). The SMILES string of the molecule is COC(=O)Cn1c(=NC(=O)CCCS(=O)(=O)c2ccc(C)cc2)sc2cc(OC)c(OC)cc21. The summed E-state index contributed by atoms with van der Waals surface area (Å²) in [6.07, 6.45) is 0.0757. The number of carbonyl (C=O) groups is 2. The smallest absolute Gasteiger partial charge is 0.325 e. The van der Waals surface area contributed by atoms with E-state index in [1.165, 1.54) is 32.7 Å². The van der Waals surface area contributed by atoms with Crippen molar-refractivity contribution >= 4 is 43.3 Å². The summed E-state index contributed by atoms with van der Waals surface area (Å²) < 4.78 is 42.8. The number of thiazole rings is 1. The molecule has 0 atom stereocenters. The van der Waals surface area contributed by atoms with Crippen LogP contribution in [0.2, 0.25) is 0 Å². The van der Waals surface area contributed by atoms with E-state index < -0.39 is 21.7 Å². The molecule has 0 bridgehead atoms. The van der Waals surface area contributed by atoms with Crippen molar-refractivity contribution in [1.82, 2.24) is 4.57 Å². The highest BCUT2D eigenvalue weighted by Crippen LogP contribution is 2.33. The molecule has 1 aromatic heterocycles. The van der Waals surface area contributed by atoms with E-state index in [1.54, 1.807) is 41.0 Å². The predicted octanol–water partition coefficient (Wildman–Crippen LogP) is 2.88. The number of esters is 1. The Morgan fingerprint density at radius 1 is 1.03 bits per heavy atom. The first-order valence-corrected chi connectivity index (χ1v) is 12.8. The number of fused-ring (bicyclic) bond motifs is 1. The van der Waals surface area contributed by atoms with E-state index in [2.05, 4.69) is 4.99 Å². The Balaban J connectivity index is 1.86. The molecule has 1 amide bonds. The van der Waals surface area contributed by atoms with Crippen LogP contribution in [0.1, 0.15) is 18.4 Å². The van der Waals surface area contributed by atoms with Crippen LogP contribution in [0.25, 0.3) is 10.2 Å². The van der Waals surface area contributed by atoms with Gasteiger partial charge in [0.15, 0.2) is 26.1 Å². The van der Waals surface area contributed by atoms with E-state index in [9.17, 15) is 18.0 Å². The molecule has 0 aliphatic rings. The summed E-state index contributed by atoms with van der Waals surface area (Å²) in [5.41, 5.74) is 1.59. The Hall–Kier alpha value is -3.18. The van der Waals surface area contributed by atoms with Gasteiger partial charge >= 0.3 is 5.97 Å². The number of hydrogen-bond acceptors (Lipinski definition) is 8. The number of hydrogen-bond donors (Lipinski definition) is 0. The second-order valence-corrected chi connectivity index (χ2v) is 10.6. The van der Waals surface area contributed by atoms with E-state index in [4.69, 9.17) is 14.2 Å². The van der Waals surface area contributed by atoms with Crippen molar-refractivity contribution in [2.45, 2.75) is 31.2 Å². The Morgan fingerprint density at radius 2 is 1.68 bits per heavy atom. The maximum Gasteiger partial charge on any atom is 0.325 e. The lowest BCUT2D eigenvalue weighted by Gasteiger charge is -2.09. The average molecular weight is 507 g/mol. The topological polar surface area (TPSA) is 113 Å². The number of carbonyl (C=O) groups excluding carboxylic acids is 2. The fraction of sp³-hybridized carbons (Fsp3) is 0.348. The van der Waals surface area contributed by atoms with Crippen LogP contribution < -0.4 is 14.3 Å². The summed E-state index contributed by atoms with van der Waals surface area (Å²) in [6.45, 7) is 1.73. The molecule has 0 saturated carbocycles. The Labute approximate surface area is 201 Å². The molecule has 0 aliphatic carbocycles. The summed E-state index contributed by atoms with van der Waals surface area (Å²) in [7, 11) is 0.794. The van der Waals surface area contributed by atoms with Gasteiger partial charge in [0.05, 0.1) is 42.2 Å². The minimum absolute atomic E-state index is 0.0514. The third kappa shape index (κ3) is 5.84. The highest BCUT2D eigenvalue weighted by molar-refractivity contribution is 7.91. The Morgan fingerprint density at radius 3 is 2.29 bits per heavy atom. The number of ether oxygens (including phenoxy) is 3. The van der Waals surface area contributed by atoms with Gasteiger partial charge in [0.25, 0.3) is 0 Å². The van der Waals surface area contributed by atoms with Crippen molar-refractivity contribution in [1.29, 1.82) is 0 Å². The highest BCUT2D eigenvalue weighted by Gasteiger charge is 2.17. The van der Waals surface area contributed by atoms with Gasteiger partial charge in [0.2, 0.25) is 5.91 Å². The number of nitrogens with zero attached hydrogens (tertiary/aromatic N) is 2. The lowest BCUT2D eigenvalue weighted by atomic mass is 10.2. The molecule has 0 saturated heterocycles. The van der Waals surface area contributed by atoms with E-state index in [1.807, 2.05) is 6.92 Å². The normalized spacial score (nSPS) is 12.1. The zero-order valence-corrected chi connectivity index (χ0v) is 21.0. The molecule has 0 unspecified atom stereocenters. The Kier molecular flexibility index (Phi) is 8.11. The van der Waals surface area contributed by atoms with E-state index in [-0.39, 0.29) is 30.0 Å². The molecule has 11 heteroatoms. The first kappa shape index (κ1) is 25.4. The van der Waals surface area contributed by atoms with Crippen LogP contribution >= 0.6 is 11.3 Å². The van der Waals surface area contributed by atoms with Gasteiger partial charge in [-0.3, -0.25) is 9.59 Å². The molecule has 0 aliphatic heterocycles. The van der Waals surface area contributed by atoms with Gasteiger partial charge in [-0.15, -0.1) is 0 Å². The summed E-state index contributed by atoms with van der Waals surface area (Å²) in [5.74, 6) is -0.192. The zero-order chi connectivity index (χ0) is 24.9. The van der Waals surface area contributed by atoms with Crippen molar-refractivity contribution in [3.8, 4) is 11.5 Å². The van der Waals surface area contributed by atoms with E-state index in [0.29, 0.717) is 21.8 Å². The molecule has 2 aromatic carbocycles. The summed E-state index contributed by atoms with van der Waals surface area (Å²) in [4.78, 5) is 29.2. The number of amides is 1. The van der Waals surface area contributed by atoms with Gasteiger partial charge in [-0.25, -0.2) is 8.42 Å². The second-order valence-electron chi connectivity index (χ2n) is 7.46. The molecule has 182 valence electrons. The third-order valence-electron chi connectivity index (χ3n) is 5.11. The van der Waals surface area contributed by atoms with Gasteiger partial charge < -0.3 is 18.8 Å². The first-order valence-electron chi connectivity index (χ1n) is 10.4. The van der Waals surface area contributed by atoms with Crippen molar-refractivity contribution in [2.24, 2.45) is 4.99 Å².